The Morgan fingerprint density at radius 1 is 1.24 bits per heavy atom. The van der Waals surface area contributed by atoms with E-state index in [0.717, 1.165) is 5.39 Å². The first-order chi connectivity index (χ1) is 12.0. The quantitative estimate of drug-likeness (QED) is 0.572. The van der Waals surface area contributed by atoms with Gasteiger partial charge >= 0.3 is 0 Å². The Balaban J connectivity index is 1.82. The summed E-state index contributed by atoms with van der Waals surface area (Å²) in [7, 11) is 0. The minimum absolute atomic E-state index is 0.152. The molecule has 0 aliphatic carbocycles. The maximum absolute atomic E-state index is 13.7. The molecule has 6 nitrogen and oxygen atoms in total. The van der Waals surface area contributed by atoms with Crippen molar-refractivity contribution in [2.45, 2.75) is 19.9 Å². The molecular weight excluding hydrogens is 323 g/mol. The molecule has 0 saturated carbocycles. The van der Waals surface area contributed by atoms with Crippen molar-refractivity contribution in [3.05, 3.63) is 60.3 Å². The van der Waals surface area contributed by atoms with Crippen molar-refractivity contribution in [3.8, 4) is 0 Å². The van der Waals surface area contributed by atoms with E-state index in [1.807, 2.05) is 13.8 Å². The number of rotatable bonds is 3. The van der Waals surface area contributed by atoms with Gasteiger partial charge in [-0.1, -0.05) is 5.16 Å². The van der Waals surface area contributed by atoms with E-state index in [-0.39, 0.29) is 11.9 Å². The van der Waals surface area contributed by atoms with Gasteiger partial charge in [0, 0.05) is 23.2 Å². The number of amides is 1. The Morgan fingerprint density at radius 2 is 2.08 bits per heavy atom. The van der Waals surface area contributed by atoms with E-state index in [9.17, 15) is 9.18 Å². The first kappa shape index (κ1) is 15.3. The number of hydrogen-bond donors (Lipinski definition) is 0. The van der Waals surface area contributed by atoms with E-state index in [4.69, 9.17) is 4.52 Å². The molecule has 25 heavy (non-hydrogen) atoms. The molecule has 4 rings (SSSR count). The summed E-state index contributed by atoms with van der Waals surface area (Å²) in [5.74, 6) is -0.113. The van der Waals surface area contributed by atoms with Crippen LogP contribution in [0.2, 0.25) is 0 Å². The molecular formula is C18H15FN4O2. The largest absolute Gasteiger partial charge is 0.356 e. The lowest BCUT2D eigenvalue weighted by Crippen LogP contribution is -2.37. The highest BCUT2D eigenvalue weighted by molar-refractivity contribution is 6.07. The summed E-state index contributed by atoms with van der Waals surface area (Å²) in [5, 5.41) is 4.55. The van der Waals surface area contributed by atoms with Crippen LogP contribution in [0, 0.1) is 5.82 Å². The van der Waals surface area contributed by atoms with Crippen molar-refractivity contribution >= 4 is 28.3 Å². The maximum Gasteiger partial charge on any atom is 0.259 e. The van der Waals surface area contributed by atoms with Crippen molar-refractivity contribution < 1.29 is 13.7 Å². The molecule has 0 saturated heterocycles. The predicted octanol–water partition coefficient (Wildman–Crippen LogP) is 3.67. The molecule has 0 unspecified atom stereocenters. The number of hydrogen-bond acceptors (Lipinski definition) is 4. The number of aromatic nitrogens is 3. The lowest BCUT2D eigenvalue weighted by atomic mass is 10.1. The van der Waals surface area contributed by atoms with Gasteiger partial charge in [0.15, 0.2) is 5.58 Å². The monoisotopic (exact) mass is 338 g/mol. The summed E-state index contributed by atoms with van der Waals surface area (Å²) in [6, 6.07) is 7.92. The van der Waals surface area contributed by atoms with Crippen LogP contribution in [-0.2, 0) is 0 Å². The molecule has 0 atom stereocenters. The standard InChI is InChI=1S/C18H15FN4O2/c1-11(2)23(17-9-20-16-6-5-14(19)10-22(16)17)18(24)12-3-4-13-8-21-25-15(13)7-12/h3-11H,1-2H3. The van der Waals surface area contributed by atoms with Gasteiger partial charge in [-0.15, -0.1) is 0 Å². The topological polar surface area (TPSA) is 63.6 Å². The van der Waals surface area contributed by atoms with Crippen LogP contribution in [-0.4, -0.2) is 26.5 Å². The van der Waals surface area contributed by atoms with Gasteiger partial charge in [0.2, 0.25) is 0 Å². The fourth-order valence-corrected chi connectivity index (χ4v) is 2.86. The molecule has 7 heteroatoms. The Kier molecular flexibility index (Phi) is 3.49. The van der Waals surface area contributed by atoms with E-state index >= 15 is 0 Å². The van der Waals surface area contributed by atoms with Crippen molar-refractivity contribution in [2.24, 2.45) is 0 Å². The highest BCUT2D eigenvalue weighted by Gasteiger charge is 2.24. The van der Waals surface area contributed by atoms with Crippen LogP contribution in [0.1, 0.15) is 24.2 Å². The predicted molar refractivity (Wildman–Crippen MR) is 91.1 cm³/mol. The summed E-state index contributed by atoms with van der Waals surface area (Å²) in [4.78, 5) is 18.9. The average Bonchev–Trinajstić information content (AvgIpc) is 3.21. The SMILES string of the molecule is CC(C)N(C(=O)c1ccc2cnoc2c1)c1cnc2ccc(F)cn12. The highest BCUT2D eigenvalue weighted by Crippen LogP contribution is 2.24. The summed E-state index contributed by atoms with van der Waals surface area (Å²) < 4.78 is 20.4. The second kappa shape index (κ2) is 5.70. The van der Waals surface area contributed by atoms with Crippen molar-refractivity contribution in [2.75, 3.05) is 4.90 Å². The van der Waals surface area contributed by atoms with Gasteiger partial charge in [0.05, 0.1) is 12.4 Å². The molecule has 0 radical (unpaired) electrons. The molecule has 3 heterocycles. The zero-order valence-corrected chi connectivity index (χ0v) is 13.7. The van der Waals surface area contributed by atoms with Crippen LogP contribution in [0.5, 0.6) is 0 Å². The van der Waals surface area contributed by atoms with E-state index in [1.54, 1.807) is 46.0 Å². The van der Waals surface area contributed by atoms with Crippen LogP contribution in [0.25, 0.3) is 16.6 Å². The van der Waals surface area contributed by atoms with Gasteiger partial charge in [-0.2, -0.15) is 0 Å². The Morgan fingerprint density at radius 3 is 2.88 bits per heavy atom. The smallest absolute Gasteiger partial charge is 0.259 e. The summed E-state index contributed by atoms with van der Waals surface area (Å²) in [6.45, 7) is 3.78. The molecule has 4 aromatic rings. The zero-order valence-electron chi connectivity index (χ0n) is 13.7. The van der Waals surface area contributed by atoms with Gasteiger partial charge in [0.1, 0.15) is 17.3 Å². The molecule has 1 amide bonds. The van der Waals surface area contributed by atoms with E-state index in [1.165, 1.54) is 12.3 Å². The highest BCUT2D eigenvalue weighted by atomic mass is 19.1. The molecule has 1 aromatic carbocycles. The van der Waals surface area contributed by atoms with Crippen molar-refractivity contribution in [1.29, 1.82) is 0 Å². The molecule has 0 aliphatic heterocycles. The molecule has 0 fully saturated rings. The van der Waals surface area contributed by atoms with Gasteiger partial charge in [0.25, 0.3) is 5.91 Å². The van der Waals surface area contributed by atoms with Crippen LogP contribution >= 0.6 is 0 Å². The molecule has 0 spiro atoms. The lowest BCUT2D eigenvalue weighted by molar-refractivity contribution is 0.0979. The Bertz CT molecular complexity index is 1080. The normalized spacial score (nSPS) is 11.5. The number of carbonyl (C=O) groups excluding carboxylic acids is 1. The summed E-state index contributed by atoms with van der Waals surface area (Å²) in [6.07, 6.45) is 4.48. The number of anilines is 1. The van der Waals surface area contributed by atoms with Gasteiger partial charge in [-0.05, 0) is 44.2 Å². The average molecular weight is 338 g/mol. The second-order valence-electron chi connectivity index (χ2n) is 6.04. The van der Waals surface area contributed by atoms with Crippen molar-refractivity contribution in [1.82, 2.24) is 14.5 Å². The first-order valence-electron chi connectivity index (χ1n) is 7.85. The Hall–Kier alpha value is -3.22. The second-order valence-corrected chi connectivity index (χ2v) is 6.04. The number of imidazole rings is 1. The first-order valence-corrected chi connectivity index (χ1v) is 7.85. The fourth-order valence-electron chi connectivity index (χ4n) is 2.86. The molecule has 126 valence electrons. The summed E-state index contributed by atoms with van der Waals surface area (Å²) >= 11 is 0. The van der Waals surface area contributed by atoms with E-state index in [0.29, 0.717) is 22.6 Å². The molecule has 3 aromatic heterocycles. The number of pyridine rings is 1. The fraction of sp³-hybridized carbons (Fsp3) is 0.167. The Labute approximate surface area is 142 Å². The third-order valence-corrected chi connectivity index (χ3v) is 4.04. The van der Waals surface area contributed by atoms with Crippen LogP contribution in [0.3, 0.4) is 0 Å². The lowest BCUT2D eigenvalue weighted by Gasteiger charge is -2.26. The van der Waals surface area contributed by atoms with Crippen LogP contribution < -0.4 is 4.90 Å². The van der Waals surface area contributed by atoms with Crippen molar-refractivity contribution in [3.63, 3.8) is 0 Å². The van der Waals surface area contributed by atoms with Crippen LogP contribution in [0.4, 0.5) is 10.2 Å². The van der Waals surface area contributed by atoms with Gasteiger partial charge in [-0.3, -0.25) is 14.1 Å². The minimum atomic E-state index is -0.397. The van der Waals surface area contributed by atoms with Gasteiger partial charge < -0.3 is 4.52 Å². The van der Waals surface area contributed by atoms with Crippen LogP contribution in [0.15, 0.2) is 53.4 Å². The molecule has 0 aliphatic rings. The number of benzene rings is 1. The van der Waals surface area contributed by atoms with E-state index in [2.05, 4.69) is 10.1 Å². The summed E-state index contributed by atoms with van der Waals surface area (Å²) in [5.41, 5.74) is 1.57. The molecule has 0 bridgehead atoms. The number of halogens is 1. The number of carbonyl (C=O) groups is 1. The maximum atomic E-state index is 13.7. The zero-order chi connectivity index (χ0) is 17.6. The molecule has 0 N–H and O–H groups in total. The third-order valence-electron chi connectivity index (χ3n) is 4.04. The number of fused-ring (bicyclic) bond motifs is 2. The third kappa shape index (κ3) is 2.53. The number of nitrogens with zero attached hydrogens (tertiary/aromatic N) is 4. The van der Waals surface area contributed by atoms with Gasteiger partial charge in [-0.25, -0.2) is 9.37 Å². The van der Waals surface area contributed by atoms with E-state index < -0.39 is 5.82 Å². The minimum Gasteiger partial charge on any atom is -0.356 e.